The summed E-state index contributed by atoms with van der Waals surface area (Å²) in [4.78, 5) is 2.29. The molecule has 188 valence electrons. The molecule has 0 unspecified atom stereocenters. The third-order valence-electron chi connectivity index (χ3n) is 6.12. The summed E-state index contributed by atoms with van der Waals surface area (Å²) in [5.74, 6) is 2.17. The van der Waals surface area contributed by atoms with Crippen LogP contribution in [0.15, 0.2) is 84.9 Å². The zero-order valence-corrected chi connectivity index (χ0v) is 21.3. The van der Waals surface area contributed by atoms with Gasteiger partial charge in [0, 0.05) is 13.1 Å². The number of para-hydroxylation sites is 1. The van der Waals surface area contributed by atoms with E-state index >= 15 is 0 Å². The molecule has 1 atom stereocenters. The minimum Gasteiger partial charge on any atom is -0.497 e. The Labute approximate surface area is 213 Å². The molecule has 0 bridgehead atoms. The Morgan fingerprint density at radius 1 is 0.917 bits per heavy atom. The SMILES string of the molecule is CCCN(Cc1c(C)nn(-c2ccccc2)c1Oc1ccc(OC)cc1)C[C@@H](O)Cc1ccccc1. The fraction of sp³-hybridized carbons (Fsp3) is 0.300. The highest BCUT2D eigenvalue weighted by Gasteiger charge is 2.22. The van der Waals surface area contributed by atoms with E-state index < -0.39 is 6.10 Å². The molecule has 0 spiro atoms. The molecule has 3 aromatic carbocycles. The van der Waals surface area contributed by atoms with Crippen molar-refractivity contribution in [3.05, 3.63) is 102 Å². The van der Waals surface area contributed by atoms with Crippen LogP contribution in [0.4, 0.5) is 0 Å². The molecule has 0 radical (unpaired) electrons. The minimum atomic E-state index is -0.464. The van der Waals surface area contributed by atoms with Crippen LogP contribution in [0.1, 0.15) is 30.2 Å². The van der Waals surface area contributed by atoms with Crippen molar-refractivity contribution in [3.63, 3.8) is 0 Å². The standard InChI is InChI=1S/C30H35N3O3/c1-4-19-32(21-26(34)20-24-11-7-5-8-12-24)22-29-23(2)31-33(25-13-9-6-10-14-25)30(29)36-28-17-15-27(35-3)16-18-28/h5-18,26,34H,4,19-22H2,1-3H3/t26-/m0/s1. The maximum atomic E-state index is 10.9. The summed E-state index contributed by atoms with van der Waals surface area (Å²) in [5, 5.41) is 15.7. The fourth-order valence-electron chi connectivity index (χ4n) is 4.35. The zero-order valence-electron chi connectivity index (χ0n) is 21.3. The van der Waals surface area contributed by atoms with Gasteiger partial charge in [-0.1, -0.05) is 55.5 Å². The molecule has 0 aliphatic carbocycles. The Hall–Kier alpha value is -3.61. The molecule has 4 aromatic rings. The van der Waals surface area contributed by atoms with Crippen LogP contribution >= 0.6 is 0 Å². The van der Waals surface area contributed by atoms with Gasteiger partial charge in [-0.15, -0.1) is 0 Å². The molecule has 6 nitrogen and oxygen atoms in total. The summed E-state index contributed by atoms with van der Waals surface area (Å²) in [7, 11) is 1.65. The molecule has 0 fully saturated rings. The van der Waals surface area contributed by atoms with E-state index in [9.17, 15) is 5.11 Å². The van der Waals surface area contributed by atoms with Gasteiger partial charge in [-0.25, -0.2) is 4.68 Å². The molecule has 1 N–H and O–H groups in total. The first-order valence-corrected chi connectivity index (χ1v) is 12.5. The lowest BCUT2D eigenvalue weighted by Crippen LogP contribution is -2.34. The number of aliphatic hydroxyl groups excluding tert-OH is 1. The third kappa shape index (κ3) is 6.53. The van der Waals surface area contributed by atoms with E-state index in [4.69, 9.17) is 14.6 Å². The second-order valence-electron chi connectivity index (χ2n) is 8.97. The quantitative estimate of drug-likeness (QED) is 0.275. The van der Waals surface area contributed by atoms with Gasteiger partial charge >= 0.3 is 0 Å². The summed E-state index contributed by atoms with van der Waals surface area (Å²) >= 11 is 0. The number of aryl methyl sites for hydroxylation is 1. The van der Waals surface area contributed by atoms with Crippen molar-refractivity contribution in [2.24, 2.45) is 0 Å². The van der Waals surface area contributed by atoms with Crippen molar-refractivity contribution in [2.45, 2.75) is 39.3 Å². The first kappa shape index (κ1) is 25.5. The fourth-order valence-corrected chi connectivity index (χ4v) is 4.35. The van der Waals surface area contributed by atoms with Crippen molar-refractivity contribution in [1.82, 2.24) is 14.7 Å². The number of nitrogens with zero attached hydrogens (tertiary/aromatic N) is 3. The summed E-state index contributed by atoms with van der Waals surface area (Å²) in [6, 6.07) is 27.7. The largest absolute Gasteiger partial charge is 0.497 e. The minimum absolute atomic E-state index is 0.464. The van der Waals surface area contributed by atoms with Crippen molar-refractivity contribution in [1.29, 1.82) is 0 Å². The summed E-state index contributed by atoms with van der Waals surface area (Å²) < 4.78 is 13.6. The number of aromatic nitrogens is 2. The smallest absolute Gasteiger partial charge is 0.227 e. The van der Waals surface area contributed by atoms with Crippen LogP contribution in [-0.4, -0.2) is 46.1 Å². The van der Waals surface area contributed by atoms with E-state index in [0.29, 0.717) is 31.1 Å². The van der Waals surface area contributed by atoms with E-state index in [0.717, 1.165) is 41.2 Å². The first-order valence-electron chi connectivity index (χ1n) is 12.5. The lowest BCUT2D eigenvalue weighted by atomic mass is 10.1. The number of methoxy groups -OCH3 is 1. The van der Waals surface area contributed by atoms with E-state index in [1.54, 1.807) is 7.11 Å². The molecule has 0 aliphatic heterocycles. The summed E-state index contributed by atoms with van der Waals surface area (Å²) in [5.41, 5.74) is 3.98. The van der Waals surface area contributed by atoms with Crippen LogP contribution in [0.25, 0.3) is 5.69 Å². The highest BCUT2D eigenvalue weighted by atomic mass is 16.5. The Bertz CT molecular complexity index is 1210. The second-order valence-corrected chi connectivity index (χ2v) is 8.97. The topological polar surface area (TPSA) is 59.8 Å². The van der Waals surface area contributed by atoms with Gasteiger partial charge in [-0.05, 0) is 68.3 Å². The average Bonchev–Trinajstić information content (AvgIpc) is 3.20. The van der Waals surface area contributed by atoms with E-state index in [1.807, 2.05) is 84.4 Å². The van der Waals surface area contributed by atoms with Gasteiger partial charge in [0.1, 0.15) is 11.5 Å². The molecule has 0 saturated heterocycles. The number of rotatable bonds is 12. The molecule has 36 heavy (non-hydrogen) atoms. The van der Waals surface area contributed by atoms with Gasteiger partial charge in [0.2, 0.25) is 5.88 Å². The second kappa shape index (κ2) is 12.4. The zero-order chi connectivity index (χ0) is 25.3. The van der Waals surface area contributed by atoms with Crippen LogP contribution in [-0.2, 0) is 13.0 Å². The van der Waals surface area contributed by atoms with Crippen LogP contribution in [0.5, 0.6) is 17.4 Å². The van der Waals surface area contributed by atoms with Crippen LogP contribution < -0.4 is 9.47 Å². The van der Waals surface area contributed by atoms with Crippen molar-refractivity contribution < 1.29 is 14.6 Å². The Morgan fingerprint density at radius 2 is 1.56 bits per heavy atom. The van der Waals surface area contributed by atoms with Gasteiger partial charge in [0.25, 0.3) is 0 Å². The van der Waals surface area contributed by atoms with Crippen molar-refractivity contribution >= 4 is 0 Å². The summed E-state index contributed by atoms with van der Waals surface area (Å²) in [6.07, 6.45) is 1.14. The normalized spacial score (nSPS) is 12.0. The number of hydrogen-bond acceptors (Lipinski definition) is 5. The molecular formula is C30H35N3O3. The maximum absolute atomic E-state index is 10.9. The predicted molar refractivity (Wildman–Crippen MR) is 143 cm³/mol. The van der Waals surface area contributed by atoms with E-state index in [-0.39, 0.29) is 0 Å². The highest BCUT2D eigenvalue weighted by Crippen LogP contribution is 2.32. The molecule has 1 aromatic heterocycles. The highest BCUT2D eigenvalue weighted by molar-refractivity contribution is 5.44. The van der Waals surface area contributed by atoms with Gasteiger partial charge in [0.15, 0.2) is 0 Å². The number of aliphatic hydroxyl groups is 1. The van der Waals surface area contributed by atoms with Crippen LogP contribution in [0.2, 0.25) is 0 Å². The number of hydrogen-bond donors (Lipinski definition) is 1. The van der Waals surface area contributed by atoms with Crippen molar-refractivity contribution in [3.8, 4) is 23.1 Å². The van der Waals surface area contributed by atoms with E-state index in [1.165, 1.54) is 0 Å². The molecular weight excluding hydrogens is 450 g/mol. The molecule has 0 aliphatic rings. The molecule has 0 saturated carbocycles. The lowest BCUT2D eigenvalue weighted by molar-refractivity contribution is 0.108. The third-order valence-corrected chi connectivity index (χ3v) is 6.12. The predicted octanol–water partition coefficient (Wildman–Crippen LogP) is 5.80. The van der Waals surface area contributed by atoms with Crippen molar-refractivity contribution in [2.75, 3.05) is 20.2 Å². The van der Waals surface area contributed by atoms with E-state index in [2.05, 4.69) is 24.0 Å². The summed E-state index contributed by atoms with van der Waals surface area (Å²) in [6.45, 7) is 6.24. The molecule has 6 heteroatoms. The Balaban J connectivity index is 1.62. The number of benzene rings is 3. The molecule has 0 amide bonds. The van der Waals surface area contributed by atoms with Gasteiger partial charge < -0.3 is 14.6 Å². The number of ether oxygens (including phenoxy) is 2. The van der Waals surface area contributed by atoms with Gasteiger partial charge in [-0.2, -0.15) is 5.10 Å². The Morgan fingerprint density at radius 3 is 2.19 bits per heavy atom. The average molecular weight is 486 g/mol. The van der Waals surface area contributed by atoms with Crippen LogP contribution in [0, 0.1) is 6.92 Å². The molecule has 4 rings (SSSR count). The first-order chi connectivity index (χ1) is 17.6. The molecule has 1 heterocycles. The van der Waals surface area contributed by atoms with Gasteiger partial charge in [0.05, 0.1) is 30.2 Å². The monoisotopic (exact) mass is 485 g/mol. The lowest BCUT2D eigenvalue weighted by Gasteiger charge is -2.25. The van der Waals surface area contributed by atoms with Crippen LogP contribution in [0.3, 0.4) is 0 Å². The van der Waals surface area contributed by atoms with Gasteiger partial charge in [-0.3, -0.25) is 4.90 Å². The Kier molecular flexibility index (Phi) is 8.76. The maximum Gasteiger partial charge on any atom is 0.227 e.